The number of carboxylic acid groups (broad SMARTS) is 1. The molecule has 23 heavy (non-hydrogen) atoms. The summed E-state index contributed by atoms with van der Waals surface area (Å²) < 4.78 is 15.0. The Hall–Kier alpha value is -0.890. The van der Waals surface area contributed by atoms with E-state index in [0.29, 0.717) is 0 Å². The maximum absolute atomic E-state index is 10.9. The minimum absolute atomic E-state index is 0.624. The predicted octanol–water partition coefficient (Wildman–Crippen LogP) is -4.28. The maximum Gasteiger partial charge on any atom is 0.367 e. The van der Waals surface area contributed by atoms with Crippen LogP contribution in [0, 0.1) is 0 Å². The van der Waals surface area contributed by atoms with Crippen molar-refractivity contribution >= 4 is 5.97 Å². The zero-order valence-electron chi connectivity index (χ0n) is 12.1. The van der Waals surface area contributed by atoms with E-state index in [2.05, 4.69) is 4.74 Å². The molecular weight excluding hydrogens is 320 g/mol. The zero-order chi connectivity index (χ0) is 17.5. The highest BCUT2D eigenvalue weighted by Crippen LogP contribution is 2.29. The van der Waals surface area contributed by atoms with Gasteiger partial charge in [-0.1, -0.05) is 0 Å². The summed E-state index contributed by atoms with van der Waals surface area (Å²) in [6, 6.07) is 0. The van der Waals surface area contributed by atoms with Gasteiger partial charge in [0.2, 0.25) is 0 Å². The first-order valence-electron chi connectivity index (χ1n) is 6.90. The molecule has 0 aliphatic carbocycles. The van der Waals surface area contributed by atoms with Gasteiger partial charge in [-0.15, -0.1) is 0 Å². The molecule has 11 nitrogen and oxygen atoms in total. The van der Waals surface area contributed by atoms with Crippen LogP contribution in [0.5, 0.6) is 0 Å². The third-order valence-electron chi connectivity index (χ3n) is 4.00. The summed E-state index contributed by atoms with van der Waals surface area (Å²) in [5.41, 5.74) is 0. The molecule has 2 aliphatic heterocycles. The molecule has 134 valence electrons. The van der Waals surface area contributed by atoms with Gasteiger partial charge in [-0.3, -0.25) is 0 Å². The Labute approximate surface area is 130 Å². The first-order chi connectivity index (χ1) is 10.6. The van der Waals surface area contributed by atoms with Crippen LogP contribution in [-0.2, 0) is 19.0 Å². The van der Waals surface area contributed by atoms with Crippen LogP contribution in [0.3, 0.4) is 0 Å². The van der Waals surface area contributed by atoms with E-state index in [1.807, 2.05) is 0 Å². The second-order valence-electron chi connectivity index (χ2n) is 5.60. The van der Waals surface area contributed by atoms with Crippen molar-refractivity contribution in [2.24, 2.45) is 0 Å². The van der Waals surface area contributed by atoms with Gasteiger partial charge < -0.3 is 50.0 Å². The highest BCUT2D eigenvalue weighted by atomic mass is 16.7. The molecular formula is C12H20O11. The summed E-state index contributed by atoms with van der Waals surface area (Å²) in [5, 5.41) is 67.1. The molecule has 2 heterocycles. The first kappa shape index (κ1) is 18.4. The molecule has 2 aliphatic rings. The minimum Gasteiger partial charge on any atom is -0.477 e. The van der Waals surface area contributed by atoms with Crippen LogP contribution in [0.4, 0.5) is 0 Å². The van der Waals surface area contributed by atoms with Crippen LogP contribution >= 0.6 is 0 Å². The molecule has 2 fully saturated rings. The Morgan fingerprint density at radius 2 is 1.70 bits per heavy atom. The van der Waals surface area contributed by atoms with E-state index in [0.717, 1.165) is 0 Å². The van der Waals surface area contributed by atoms with Crippen molar-refractivity contribution in [2.75, 3.05) is 6.61 Å². The minimum atomic E-state index is -2.99. The molecule has 0 aromatic heterocycles. The van der Waals surface area contributed by atoms with Gasteiger partial charge in [0, 0.05) is 0 Å². The fraction of sp³-hybridized carbons (Fsp3) is 0.917. The molecule has 0 amide bonds. The molecule has 7 N–H and O–H groups in total. The summed E-state index contributed by atoms with van der Waals surface area (Å²) in [4.78, 5) is 10.9. The largest absolute Gasteiger partial charge is 0.477 e. The van der Waals surface area contributed by atoms with Gasteiger partial charge in [-0.2, -0.15) is 0 Å². The monoisotopic (exact) mass is 340 g/mol. The van der Waals surface area contributed by atoms with Gasteiger partial charge in [0.05, 0.1) is 12.7 Å². The molecule has 0 aromatic rings. The maximum atomic E-state index is 10.9. The molecule has 9 atom stereocenters. The van der Waals surface area contributed by atoms with Gasteiger partial charge in [0.25, 0.3) is 5.79 Å². The van der Waals surface area contributed by atoms with Crippen LogP contribution < -0.4 is 0 Å². The Kier molecular flexibility index (Phi) is 5.25. The van der Waals surface area contributed by atoms with Crippen LogP contribution in [0.25, 0.3) is 0 Å². The second kappa shape index (κ2) is 6.55. The fourth-order valence-corrected chi connectivity index (χ4v) is 2.43. The van der Waals surface area contributed by atoms with Crippen molar-refractivity contribution in [2.45, 2.75) is 61.7 Å². The summed E-state index contributed by atoms with van der Waals surface area (Å²) in [5.74, 6) is -4.88. The molecule has 2 rings (SSSR count). The van der Waals surface area contributed by atoms with Gasteiger partial charge in [-0.25, -0.2) is 4.79 Å². The number of aliphatic hydroxyl groups excluding tert-OH is 5. The average molecular weight is 340 g/mol. The third kappa shape index (κ3) is 3.20. The standard InChI is InChI=1S/C12H20O11/c1-3-5(13)7(15)8(16)10(22-3)23-4-2-21-12(20,11(18)19)9(17)6(4)14/h3-10,13-17,20H,2H2,1H3,(H,18,19)/t3-,4+,5+,6-,7+,8-,9-,10-,12+/m0/s1. The van der Waals surface area contributed by atoms with E-state index >= 15 is 0 Å². The number of hydrogen-bond acceptors (Lipinski definition) is 10. The van der Waals surface area contributed by atoms with Crippen molar-refractivity contribution in [3.8, 4) is 0 Å². The zero-order valence-corrected chi connectivity index (χ0v) is 12.1. The molecule has 0 radical (unpaired) electrons. The van der Waals surface area contributed by atoms with Gasteiger partial charge in [0.1, 0.15) is 36.6 Å². The smallest absolute Gasteiger partial charge is 0.367 e. The van der Waals surface area contributed by atoms with Crippen LogP contribution in [0.2, 0.25) is 0 Å². The van der Waals surface area contributed by atoms with E-state index in [1.54, 1.807) is 0 Å². The lowest BCUT2D eigenvalue weighted by Gasteiger charge is -2.44. The summed E-state index contributed by atoms with van der Waals surface area (Å²) >= 11 is 0. The second-order valence-corrected chi connectivity index (χ2v) is 5.60. The highest BCUT2D eigenvalue weighted by Gasteiger charge is 2.56. The van der Waals surface area contributed by atoms with E-state index in [-0.39, 0.29) is 0 Å². The predicted molar refractivity (Wildman–Crippen MR) is 67.8 cm³/mol. The summed E-state index contributed by atoms with van der Waals surface area (Å²) in [7, 11) is 0. The van der Waals surface area contributed by atoms with Gasteiger partial charge >= 0.3 is 5.97 Å². The summed E-state index contributed by atoms with van der Waals surface area (Å²) in [6.45, 7) is 0.794. The van der Waals surface area contributed by atoms with E-state index in [4.69, 9.17) is 14.6 Å². The van der Waals surface area contributed by atoms with Crippen LogP contribution in [-0.4, -0.2) is 103 Å². The topological polar surface area (TPSA) is 186 Å². The number of ether oxygens (including phenoxy) is 3. The first-order valence-corrected chi connectivity index (χ1v) is 6.90. The molecule has 0 bridgehead atoms. The molecule has 0 unspecified atom stereocenters. The number of aliphatic carboxylic acids is 1. The van der Waals surface area contributed by atoms with Crippen LogP contribution in [0.1, 0.15) is 6.92 Å². The lowest BCUT2D eigenvalue weighted by atomic mass is 9.96. The van der Waals surface area contributed by atoms with Crippen molar-refractivity contribution < 1.29 is 54.8 Å². The fourth-order valence-electron chi connectivity index (χ4n) is 2.43. The van der Waals surface area contributed by atoms with Crippen molar-refractivity contribution in [3.05, 3.63) is 0 Å². The van der Waals surface area contributed by atoms with Crippen molar-refractivity contribution in [1.29, 1.82) is 0 Å². The van der Waals surface area contributed by atoms with Gasteiger partial charge in [-0.05, 0) is 6.92 Å². The Morgan fingerprint density at radius 1 is 1.09 bits per heavy atom. The third-order valence-corrected chi connectivity index (χ3v) is 4.00. The lowest BCUT2D eigenvalue weighted by Crippen LogP contribution is -2.66. The van der Waals surface area contributed by atoms with Crippen molar-refractivity contribution in [1.82, 2.24) is 0 Å². The van der Waals surface area contributed by atoms with E-state index in [1.165, 1.54) is 6.92 Å². The highest BCUT2D eigenvalue weighted by molar-refractivity contribution is 5.76. The quantitative estimate of drug-likeness (QED) is 0.263. The molecule has 0 saturated carbocycles. The van der Waals surface area contributed by atoms with Crippen LogP contribution in [0.15, 0.2) is 0 Å². The number of carbonyl (C=O) groups is 1. The number of hydrogen-bond donors (Lipinski definition) is 7. The van der Waals surface area contributed by atoms with E-state index < -0.39 is 67.4 Å². The average Bonchev–Trinajstić information content (AvgIpc) is 2.50. The number of carboxylic acids is 1. The molecule has 0 spiro atoms. The SMILES string of the molecule is C[C@@H]1O[C@@H](O[C@@H]2CO[C@@](O)(C(=O)O)[C@@H](O)[C@H]2O)[C@@H](O)[C@H](O)[C@@H]1O. The van der Waals surface area contributed by atoms with Crippen molar-refractivity contribution in [3.63, 3.8) is 0 Å². The Balaban J connectivity index is 2.05. The molecule has 11 heteroatoms. The molecule has 0 aromatic carbocycles. The van der Waals surface area contributed by atoms with Gasteiger partial charge in [0.15, 0.2) is 6.29 Å². The number of rotatable bonds is 3. The molecule has 2 saturated heterocycles. The Bertz CT molecular complexity index is 445. The van der Waals surface area contributed by atoms with E-state index in [9.17, 15) is 35.4 Å². The number of aliphatic hydroxyl groups is 6. The normalized spacial score (nSPS) is 51.4. The Morgan fingerprint density at radius 3 is 2.26 bits per heavy atom. The lowest BCUT2D eigenvalue weighted by molar-refractivity contribution is -0.354. The summed E-state index contributed by atoms with van der Waals surface area (Å²) in [6.07, 6.45) is -12.3.